The zero-order valence-corrected chi connectivity index (χ0v) is 13.9. The van der Waals surface area contributed by atoms with Gasteiger partial charge in [-0.2, -0.15) is 18.2 Å². The van der Waals surface area contributed by atoms with E-state index in [0.29, 0.717) is 11.5 Å². The summed E-state index contributed by atoms with van der Waals surface area (Å²) in [6.07, 6.45) is -4.49. The van der Waals surface area contributed by atoms with Gasteiger partial charge < -0.3 is 19.9 Å². The number of carbonyl (C=O) groups excluding carboxylic acids is 2. The Labute approximate surface area is 149 Å². The van der Waals surface area contributed by atoms with Crippen LogP contribution in [0.1, 0.15) is 5.56 Å². The van der Waals surface area contributed by atoms with Crippen molar-refractivity contribution in [3.63, 3.8) is 0 Å². The molecule has 3 amide bonds. The number of amidine groups is 1. The number of anilines is 1. The summed E-state index contributed by atoms with van der Waals surface area (Å²) in [5.41, 5.74) is 5.47. The minimum absolute atomic E-state index is 0.00338. The summed E-state index contributed by atoms with van der Waals surface area (Å²) >= 11 is 0.984. The summed E-state index contributed by atoms with van der Waals surface area (Å²) in [5, 5.41) is 0.0263. The van der Waals surface area contributed by atoms with Crippen LogP contribution in [0.3, 0.4) is 0 Å². The van der Waals surface area contributed by atoms with Gasteiger partial charge in [-0.1, -0.05) is 11.8 Å². The summed E-state index contributed by atoms with van der Waals surface area (Å²) in [4.78, 5) is 28.0. The lowest BCUT2D eigenvalue weighted by molar-refractivity contribution is -0.176. The van der Waals surface area contributed by atoms with Gasteiger partial charge in [-0.25, -0.2) is 4.79 Å². The van der Waals surface area contributed by atoms with Gasteiger partial charge in [0.1, 0.15) is 6.61 Å². The lowest BCUT2D eigenvalue weighted by atomic mass is 10.1. The van der Waals surface area contributed by atoms with Gasteiger partial charge in [0, 0.05) is 11.6 Å². The quantitative estimate of drug-likeness (QED) is 0.842. The molecule has 0 unspecified atom stereocenters. The van der Waals surface area contributed by atoms with Gasteiger partial charge in [-0.15, -0.1) is 0 Å². The zero-order valence-electron chi connectivity index (χ0n) is 13.0. The number of hydrogen-bond donors (Lipinski definition) is 1. The summed E-state index contributed by atoms with van der Waals surface area (Å²) in [5.74, 6) is 0.212. The minimum atomic E-state index is -4.49. The van der Waals surface area contributed by atoms with Gasteiger partial charge in [0.15, 0.2) is 16.7 Å². The molecule has 0 aromatic heterocycles. The molecular weight excluding hydrogens is 379 g/mol. The van der Waals surface area contributed by atoms with Gasteiger partial charge in [-0.05, 0) is 6.07 Å². The van der Waals surface area contributed by atoms with E-state index in [2.05, 4.69) is 4.99 Å². The number of fused-ring (bicyclic) bond motifs is 1. The highest BCUT2D eigenvalue weighted by Crippen LogP contribution is 2.41. The van der Waals surface area contributed by atoms with Crippen LogP contribution in [0, 0.1) is 0 Å². The molecule has 1 aromatic carbocycles. The molecule has 2 N–H and O–H groups in total. The first kappa shape index (κ1) is 18.3. The summed E-state index contributed by atoms with van der Waals surface area (Å²) in [7, 11) is 0. The van der Waals surface area contributed by atoms with E-state index in [-0.39, 0.29) is 29.0 Å². The van der Waals surface area contributed by atoms with Gasteiger partial charge in [0.2, 0.25) is 12.7 Å². The van der Waals surface area contributed by atoms with Crippen molar-refractivity contribution in [1.82, 2.24) is 0 Å². The van der Waals surface area contributed by atoms with Crippen LogP contribution in [-0.4, -0.2) is 42.4 Å². The van der Waals surface area contributed by atoms with E-state index in [0.717, 1.165) is 16.7 Å². The number of hydrogen-bond acceptors (Lipinski definition) is 6. The van der Waals surface area contributed by atoms with Crippen LogP contribution in [0.4, 0.5) is 23.7 Å². The molecule has 8 nitrogen and oxygen atoms in total. The third-order valence-electron chi connectivity index (χ3n) is 3.31. The predicted molar refractivity (Wildman–Crippen MR) is 85.2 cm³/mol. The number of thioether (sulfide) groups is 1. The second-order valence-corrected chi connectivity index (χ2v) is 6.14. The molecule has 12 heteroatoms. The maximum atomic E-state index is 12.3. The average Bonchev–Trinajstić information content (AvgIpc) is 3.11. The van der Waals surface area contributed by atoms with Crippen LogP contribution in [-0.2, 0) is 16.1 Å². The SMILES string of the molecule is NC(=O)N=C1SCC(=O)N1c1cc2c(cc1COCC(F)(F)F)OCO2. The standard InChI is InChI=1S/C14H12F3N3O5S/c15-14(16,17)5-23-3-7-1-9-10(25-6-24-9)2-8(7)20-11(21)4-26-13(20)19-12(18)22/h1-2H,3-6H2,(H2,18,22). The molecule has 0 atom stereocenters. The highest BCUT2D eigenvalue weighted by Gasteiger charge is 2.34. The lowest BCUT2D eigenvalue weighted by Gasteiger charge is -2.20. The zero-order chi connectivity index (χ0) is 18.9. The molecule has 1 aromatic rings. The Balaban J connectivity index is 1.96. The Morgan fingerprint density at radius 2 is 2.04 bits per heavy atom. The monoisotopic (exact) mass is 391 g/mol. The molecule has 0 spiro atoms. The molecule has 2 aliphatic rings. The number of nitrogens with zero attached hydrogens (tertiary/aromatic N) is 2. The normalized spacial score (nSPS) is 18.0. The third-order valence-corrected chi connectivity index (χ3v) is 4.23. The number of primary amides is 1. The number of rotatable bonds is 4. The summed E-state index contributed by atoms with van der Waals surface area (Å²) in [6, 6.07) is 1.85. The average molecular weight is 391 g/mol. The molecule has 0 bridgehead atoms. The van der Waals surface area contributed by atoms with Gasteiger partial charge >= 0.3 is 12.2 Å². The third kappa shape index (κ3) is 4.02. The van der Waals surface area contributed by atoms with E-state index in [1.165, 1.54) is 12.1 Å². The molecule has 2 heterocycles. The van der Waals surface area contributed by atoms with Crippen molar-refractivity contribution >= 4 is 34.6 Å². The van der Waals surface area contributed by atoms with Crippen molar-refractivity contribution in [2.45, 2.75) is 12.8 Å². The van der Waals surface area contributed by atoms with Crippen LogP contribution >= 0.6 is 11.8 Å². The Bertz CT molecular complexity index is 784. The molecule has 2 aliphatic heterocycles. The topological polar surface area (TPSA) is 103 Å². The van der Waals surface area contributed by atoms with Crippen LogP contribution < -0.4 is 20.1 Å². The van der Waals surface area contributed by atoms with E-state index >= 15 is 0 Å². The van der Waals surface area contributed by atoms with Gasteiger partial charge in [0.05, 0.1) is 18.0 Å². The molecule has 0 aliphatic carbocycles. The number of alkyl halides is 3. The number of amides is 3. The van der Waals surface area contributed by atoms with E-state index in [1.54, 1.807) is 0 Å². The molecule has 3 rings (SSSR count). The van der Waals surface area contributed by atoms with Gasteiger partial charge in [0.25, 0.3) is 0 Å². The smallest absolute Gasteiger partial charge is 0.411 e. The highest BCUT2D eigenvalue weighted by molar-refractivity contribution is 8.15. The van der Waals surface area contributed by atoms with Crippen molar-refractivity contribution in [2.75, 3.05) is 24.1 Å². The first-order chi connectivity index (χ1) is 12.2. The van der Waals surface area contributed by atoms with Crippen molar-refractivity contribution in [3.05, 3.63) is 17.7 Å². The second kappa shape index (κ2) is 7.03. The number of ether oxygens (including phenoxy) is 3. The Morgan fingerprint density at radius 3 is 2.69 bits per heavy atom. The van der Waals surface area contributed by atoms with E-state index in [4.69, 9.17) is 19.9 Å². The molecule has 140 valence electrons. The highest BCUT2D eigenvalue weighted by atomic mass is 32.2. The number of nitrogens with two attached hydrogens (primary N) is 1. The Kier molecular flexibility index (Phi) is 4.96. The lowest BCUT2D eigenvalue weighted by Crippen LogP contribution is -2.31. The van der Waals surface area contributed by atoms with Gasteiger partial charge in [-0.3, -0.25) is 9.69 Å². The molecule has 26 heavy (non-hydrogen) atoms. The summed E-state index contributed by atoms with van der Waals surface area (Å²) in [6.45, 7) is -1.96. The molecule has 1 fully saturated rings. The van der Waals surface area contributed by atoms with Crippen LogP contribution in [0.5, 0.6) is 11.5 Å². The predicted octanol–water partition coefficient (Wildman–Crippen LogP) is 2.01. The van der Waals surface area contributed by atoms with Crippen LogP contribution in [0.25, 0.3) is 0 Å². The number of aliphatic imine (C=N–C) groups is 1. The Morgan fingerprint density at radius 1 is 1.35 bits per heavy atom. The van der Waals surface area contributed by atoms with E-state index in [9.17, 15) is 22.8 Å². The fraction of sp³-hybridized carbons (Fsp3) is 0.357. The van der Waals surface area contributed by atoms with Crippen molar-refractivity contribution in [3.8, 4) is 11.5 Å². The van der Waals surface area contributed by atoms with E-state index < -0.39 is 31.3 Å². The summed E-state index contributed by atoms with van der Waals surface area (Å²) < 4.78 is 52.2. The Hall–Kier alpha value is -2.47. The minimum Gasteiger partial charge on any atom is -0.454 e. The molecule has 1 saturated heterocycles. The molecule has 0 saturated carbocycles. The fourth-order valence-electron chi connectivity index (χ4n) is 2.35. The number of benzene rings is 1. The first-order valence-electron chi connectivity index (χ1n) is 7.15. The number of urea groups is 1. The maximum absolute atomic E-state index is 12.3. The number of halogens is 3. The van der Waals surface area contributed by atoms with Crippen molar-refractivity contribution in [1.29, 1.82) is 0 Å². The number of carbonyl (C=O) groups is 2. The first-order valence-corrected chi connectivity index (χ1v) is 8.14. The van der Waals surface area contributed by atoms with Crippen molar-refractivity contribution in [2.24, 2.45) is 10.7 Å². The second-order valence-electron chi connectivity index (χ2n) is 5.19. The van der Waals surface area contributed by atoms with Crippen LogP contribution in [0.2, 0.25) is 0 Å². The molecule has 0 radical (unpaired) electrons. The largest absolute Gasteiger partial charge is 0.454 e. The maximum Gasteiger partial charge on any atom is 0.411 e. The fourth-order valence-corrected chi connectivity index (χ4v) is 3.22. The van der Waals surface area contributed by atoms with Crippen LogP contribution in [0.15, 0.2) is 17.1 Å². The van der Waals surface area contributed by atoms with E-state index in [1.807, 2.05) is 0 Å². The van der Waals surface area contributed by atoms with Crippen molar-refractivity contribution < 1.29 is 37.0 Å². The molecular formula is C14H12F3N3O5S.